The Balaban J connectivity index is 1.48. The topological polar surface area (TPSA) is 88.1 Å². The summed E-state index contributed by atoms with van der Waals surface area (Å²) in [5.41, 5.74) is -0.297. The first-order chi connectivity index (χ1) is 17.1. The third kappa shape index (κ3) is 4.74. The quantitative estimate of drug-likeness (QED) is 0.154. The van der Waals surface area contributed by atoms with Crippen molar-refractivity contribution in [3.05, 3.63) is 0 Å². The zero-order chi connectivity index (χ0) is 26.3. The van der Waals surface area contributed by atoms with E-state index < -0.39 is 6.16 Å². The molecule has 0 spiro atoms. The second-order valence-electron chi connectivity index (χ2n) is 12.2. The molecule has 4 saturated carbocycles. The van der Waals surface area contributed by atoms with Gasteiger partial charge in [-0.3, -0.25) is 14.5 Å². The van der Waals surface area contributed by atoms with Gasteiger partial charge in [0, 0.05) is 11.8 Å². The van der Waals surface area contributed by atoms with Crippen LogP contribution in [0.5, 0.6) is 0 Å². The summed E-state index contributed by atoms with van der Waals surface area (Å²) in [4.78, 5) is 47.7. The number of methoxy groups -OCH3 is 1. The molecule has 8 heteroatoms. The van der Waals surface area contributed by atoms with Gasteiger partial charge < -0.3 is 9.47 Å². The number of carbonyl (C=O) groups is 3. The van der Waals surface area contributed by atoms with Crippen molar-refractivity contribution in [2.75, 3.05) is 13.7 Å². The monoisotopic (exact) mass is 570 g/mol. The average Bonchev–Trinajstić information content (AvgIpc) is 3.22. The number of esters is 1. The van der Waals surface area contributed by atoms with Crippen molar-refractivity contribution < 1.29 is 33.6 Å². The largest absolute Gasteiger partial charge is 0.540 e. The second kappa shape index (κ2) is 10.9. The van der Waals surface area contributed by atoms with Crippen LogP contribution >= 0.6 is 15.9 Å². The molecule has 0 saturated heterocycles. The predicted octanol–water partition coefficient (Wildman–Crippen LogP) is 6.26. The summed E-state index contributed by atoms with van der Waals surface area (Å²) in [5, 5.41) is 0. The molecule has 0 N–H and O–H groups in total. The molecule has 36 heavy (non-hydrogen) atoms. The van der Waals surface area contributed by atoms with Crippen LogP contribution < -0.4 is 0 Å². The summed E-state index contributed by atoms with van der Waals surface area (Å²) in [6.07, 6.45) is 7.23. The van der Waals surface area contributed by atoms with Crippen molar-refractivity contribution >= 4 is 33.8 Å². The highest BCUT2D eigenvalue weighted by Gasteiger charge is 2.67. The van der Waals surface area contributed by atoms with E-state index in [1.165, 1.54) is 7.11 Å². The maximum atomic E-state index is 14.2. The normalized spacial score (nSPS) is 42.5. The van der Waals surface area contributed by atoms with Crippen molar-refractivity contribution in [2.24, 2.45) is 46.3 Å². The van der Waals surface area contributed by atoms with Crippen LogP contribution in [0.1, 0.15) is 85.5 Å². The van der Waals surface area contributed by atoms with E-state index in [0.717, 1.165) is 51.4 Å². The van der Waals surface area contributed by atoms with E-state index in [-0.39, 0.29) is 34.3 Å². The van der Waals surface area contributed by atoms with E-state index in [0.29, 0.717) is 47.7 Å². The average molecular weight is 572 g/mol. The molecular weight excluding hydrogens is 528 g/mol. The first-order valence-electron chi connectivity index (χ1n) is 13.8. The lowest BCUT2D eigenvalue weighted by molar-refractivity contribution is -0.301. The van der Waals surface area contributed by atoms with E-state index in [1.807, 2.05) is 0 Å². The molecule has 0 aliphatic heterocycles. The summed E-state index contributed by atoms with van der Waals surface area (Å²) >= 11 is 3.96. The maximum absolute atomic E-state index is 14.2. The van der Waals surface area contributed by atoms with Crippen LogP contribution in [0.4, 0.5) is 4.79 Å². The molecule has 10 atom stereocenters. The molecule has 0 unspecified atom stereocenters. The van der Waals surface area contributed by atoms with Gasteiger partial charge >= 0.3 is 12.1 Å². The van der Waals surface area contributed by atoms with Crippen LogP contribution in [-0.2, 0) is 28.8 Å². The number of hydrogen-bond donors (Lipinski definition) is 0. The van der Waals surface area contributed by atoms with Crippen molar-refractivity contribution in [3.63, 3.8) is 0 Å². The van der Waals surface area contributed by atoms with Crippen LogP contribution in [0, 0.1) is 46.3 Å². The zero-order valence-corrected chi connectivity index (χ0v) is 24.0. The number of ketones is 1. The SMILES string of the molecule is CCOC(=O)OO[C@@H]1CC[C@@]2(C)[C@H](CC[C@@H]3[C@@H]2[C@H](Br)C(=O)[C@]2(C)[C@@H]([C@H](C)CCC(=O)OC)CC[C@@H]32)C1. The summed E-state index contributed by atoms with van der Waals surface area (Å²) < 4.78 is 9.67. The fraction of sp³-hybridized carbons (Fsp3) is 0.893. The van der Waals surface area contributed by atoms with Gasteiger partial charge in [0.05, 0.1) is 18.5 Å². The number of carbonyl (C=O) groups excluding carboxylic acids is 3. The third-order valence-electron chi connectivity index (χ3n) is 10.7. The van der Waals surface area contributed by atoms with Gasteiger partial charge in [0.15, 0.2) is 5.78 Å². The Morgan fingerprint density at radius 1 is 1.14 bits per heavy atom. The fourth-order valence-corrected chi connectivity index (χ4v) is 10.4. The molecule has 4 aliphatic carbocycles. The number of fused-ring (bicyclic) bond motifs is 5. The number of hydrogen-bond acceptors (Lipinski definition) is 7. The van der Waals surface area contributed by atoms with Crippen molar-refractivity contribution in [1.82, 2.24) is 0 Å². The van der Waals surface area contributed by atoms with Gasteiger partial charge in [-0.05, 0) is 99.2 Å². The van der Waals surface area contributed by atoms with E-state index >= 15 is 0 Å². The van der Waals surface area contributed by atoms with Gasteiger partial charge in [-0.25, -0.2) is 4.79 Å². The lowest BCUT2D eigenvalue weighted by atomic mass is 9.44. The standard InChI is InChI=1S/C28H43BrO7/c1-6-34-26(32)36-35-18-13-14-27(3)17(15-18)8-9-19-21-11-10-20(16(2)7-12-22(30)33-5)28(21,4)25(31)24(29)23(19)27/h16-21,23-24H,6-15H2,1-5H3/t16-,17-,18-,19+,20-,21+,23-,24+,27+,28-/m1/s1. The van der Waals surface area contributed by atoms with Crippen LogP contribution in [0.25, 0.3) is 0 Å². The lowest BCUT2D eigenvalue weighted by Gasteiger charge is -2.62. The Bertz CT molecular complexity index is 848. The summed E-state index contributed by atoms with van der Waals surface area (Å²) in [6.45, 7) is 8.80. The summed E-state index contributed by atoms with van der Waals surface area (Å²) in [6, 6.07) is 0. The molecule has 0 amide bonds. The first kappa shape index (κ1) is 27.9. The predicted molar refractivity (Wildman–Crippen MR) is 137 cm³/mol. The molecular formula is C28H43BrO7. The molecule has 0 heterocycles. The van der Waals surface area contributed by atoms with Crippen molar-refractivity contribution in [1.29, 1.82) is 0 Å². The van der Waals surface area contributed by atoms with E-state index in [1.54, 1.807) is 6.92 Å². The first-order valence-corrected chi connectivity index (χ1v) is 14.7. The van der Waals surface area contributed by atoms with Gasteiger partial charge in [0.1, 0.15) is 6.10 Å². The van der Waals surface area contributed by atoms with Gasteiger partial charge in [-0.2, -0.15) is 4.89 Å². The Hall–Kier alpha value is -1.15. The van der Waals surface area contributed by atoms with Gasteiger partial charge in [-0.1, -0.05) is 36.7 Å². The Morgan fingerprint density at radius 3 is 2.58 bits per heavy atom. The number of Topliss-reactive ketones (excluding diaryl/α,β-unsaturated/α-hetero) is 1. The van der Waals surface area contributed by atoms with Crippen LogP contribution in [-0.4, -0.2) is 42.6 Å². The number of ether oxygens (including phenoxy) is 2. The summed E-state index contributed by atoms with van der Waals surface area (Å²) in [5.74, 6) is 2.45. The number of alkyl halides is 1. The van der Waals surface area contributed by atoms with E-state index in [2.05, 4.69) is 36.7 Å². The molecule has 0 radical (unpaired) electrons. The molecule has 4 aliphatic rings. The Labute approximate surface area is 223 Å². The Morgan fingerprint density at radius 2 is 1.89 bits per heavy atom. The molecule has 7 nitrogen and oxygen atoms in total. The molecule has 0 aromatic rings. The minimum Gasteiger partial charge on any atom is -0.469 e. The number of rotatable bonds is 7. The van der Waals surface area contributed by atoms with Crippen molar-refractivity contribution in [2.45, 2.75) is 96.4 Å². The van der Waals surface area contributed by atoms with Crippen LogP contribution in [0.2, 0.25) is 0 Å². The third-order valence-corrected chi connectivity index (χ3v) is 11.7. The minimum atomic E-state index is -0.788. The van der Waals surface area contributed by atoms with Crippen LogP contribution in [0.3, 0.4) is 0 Å². The van der Waals surface area contributed by atoms with E-state index in [9.17, 15) is 14.4 Å². The van der Waals surface area contributed by atoms with E-state index in [4.69, 9.17) is 19.2 Å². The lowest BCUT2D eigenvalue weighted by Crippen LogP contribution is -2.62. The summed E-state index contributed by atoms with van der Waals surface area (Å²) in [7, 11) is 1.43. The maximum Gasteiger partial charge on any atom is 0.540 e. The molecule has 0 bridgehead atoms. The van der Waals surface area contributed by atoms with Gasteiger partial charge in [0.25, 0.3) is 0 Å². The molecule has 204 valence electrons. The molecule has 4 rings (SSSR count). The fourth-order valence-electron chi connectivity index (χ4n) is 8.91. The molecule has 0 aromatic heterocycles. The highest BCUT2D eigenvalue weighted by molar-refractivity contribution is 9.10. The highest BCUT2D eigenvalue weighted by atomic mass is 79.9. The molecule has 4 fully saturated rings. The number of halogens is 1. The second-order valence-corrected chi connectivity index (χ2v) is 13.1. The smallest absolute Gasteiger partial charge is 0.469 e. The van der Waals surface area contributed by atoms with Crippen molar-refractivity contribution in [3.8, 4) is 0 Å². The highest BCUT2D eigenvalue weighted by Crippen LogP contribution is 2.68. The Kier molecular flexibility index (Phi) is 8.45. The van der Waals surface area contributed by atoms with Crippen LogP contribution in [0.15, 0.2) is 0 Å². The minimum absolute atomic E-state index is 0.0481. The molecule has 0 aromatic carbocycles. The zero-order valence-electron chi connectivity index (χ0n) is 22.4. The van der Waals surface area contributed by atoms with Gasteiger partial charge in [-0.15, -0.1) is 0 Å². The van der Waals surface area contributed by atoms with Gasteiger partial charge in [0.2, 0.25) is 0 Å².